The zero-order valence-electron chi connectivity index (χ0n) is 11.4. The summed E-state index contributed by atoms with van der Waals surface area (Å²) in [6.45, 7) is 2.26. The van der Waals surface area contributed by atoms with Crippen molar-refractivity contribution in [1.29, 1.82) is 0 Å². The van der Waals surface area contributed by atoms with Gasteiger partial charge in [-0.2, -0.15) is 4.39 Å². The normalized spacial score (nSPS) is 24.1. The van der Waals surface area contributed by atoms with Gasteiger partial charge in [-0.3, -0.25) is 0 Å². The Balaban J connectivity index is 1.77. The van der Waals surface area contributed by atoms with Crippen LogP contribution in [0.15, 0.2) is 18.3 Å². The number of unbranched alkanes of at least 4 members (excludes halogenated alkanes) is 2. The molecular formula is C16H24FN. The molecule has 0 aliphatic heterocycles. The molecule has 0 aromatic carbocycles. The third-order valence-electron chi connectivity index (χ3n) is 4.28. The Labute approximate surface area is 110 Å². The van der Waals surface area contributed by atoms with Crippen molar-refractivity contribution >= 4 is 0 Å². The molecule has 0 unspecified atom stereocenters. The van der Waals surface area contributed by atoms with Gasteiger partial charge < -0.3 is 0 Å². The molecule has 0 N–H and O–H groups in total. The van der Waals surface area contributed by atoms with Crippen molar-refractivity contribution in [2.45, 2.75) is 64.2 Å². The van der Waals surface area contributed by atoms with E-state index in [1.54, 1.807) is 6.20 Å². The fourth-order valence-electron chi connectivity index (χ4n) is 3.10. The van der Waals surface area contributed by atoms with Gasteiger partial charge in [-0.15, -0.1) is 0 Å². The summed E-state index contributed by atoms with van der Waals surface area (Å²) >= 11 is 0. The Morgan fingerprint density at radius 2 is 1.94 bits per heavy atom. The van der Waals surface area contributed by atoms with Crippen LogP contribution < -0.4 is 0 Å². The maximum atomic E-state index is 12.8. The standard InChI is InChI=1S/C16H24FN/c1-2-3-4-5-13-6-8-14(9-7-13)15-10-11-16(17)18-12-15/h10-14H,2-9H2,1H3. The molecule has 1 aromatic heterocycles. The van der Waals surface area contributed by atoms with Crippen LogP contribution >= 0.6 is 0 Å². The summed E-state index contributed by atoms with van der Waals surface area (Å²) in [5.74, 6) is 1.17. The minimum atomic E-state index is -0.369. The molecule has 1 nitrogen and oxygen atoms in total. The number of hydrogen-bond acceptors (Lipinski definition) is 1. The van der Waals surface area contributed by atoms with E-state index in [-0.39, 0.29) is 5.95 Å². The molecule has 100 valence electrons. The van der Waals surface area contributed by atoms with Crippen molar-refractivity contribution in [2.75, 3.05) is 0 Å². The zero-order valence-corrected chi connectivity index (χ0v) is 11.4. The smallest absolute Gasteiger partial charge is 0.212 e. The Morgan fingerprint density at radius 1 is 1.17 bits per heavy atom. The molecule has 1 saturated carbocycles. The number of pyridine rings is 1. The second kappa shape index (κ2) is 6.86. The van der Waals surface area contributed by atoms with Crippen LogP contribution in [-0.2, 0) is 0 Å². The first kappa shape index (κ1) is 13.5. The summed E-state index contributed by atoms with van der Waals surface area (Å²) in [6.07, 6.45) is 12.4. The number of rotatable bonds is 5. The van der Waals surface area contributed by atoms with Gasteiger partial charge in [0.25, 0.3) is 0 Å². The molecule has 1 fully saturated rings. The van der Waals surface area contributed by atoms with E-state index >= 15 is 0 Å². The molecule has 0 amide bonds. The lowest BCUT2D eigenvalue weighted by atomic mass is 9.77. The molecule has 0 bridgehead atoms. The molecule has 1 heterocycles. The minimum Gasteiger partial charge on any atom is -0.228 e. The average Bonchev–Trinajstić information content (AvgIpc) is 2.41. The Morgan fingerprint density at radius 3 is 2.56 bits per heavy atom. The molecule has 0 saturated heterocycles. The monoisotopic (exact) mass is 249 g/mol. The first-order valence-corrected chi connectivity index (χ1v) is 7.41. The fraction of sp³-hybridized carbons (Fsp3) is 0.688. The quantitative estimate of drug-likeness (QED) is 0.524. The molecule has 2 rings (SSSR count). The molecular weight excluding hydrogens is 225 g/mol. The van der Waals surface area contributed by atoms with Crippen molar-refractivity contribution in [1.82, 2.24) is 4.98 Å². The topological polar surface area (TPSA) is 12.9 Å². The lowest BCUT2D eigenvalue weighted by molar-refractivity contribution is 0.302. The maximum Gasteiger partial charge on any atom is 0.212 e. The number of aromatic nitrogens is 1. The van der Waals surface area contributed by atoms with E-state index in [9.17, 15) is 4.39 Å². The highest BCUT2D eigenvalue weighted by molar-refractivity contribution is 5.15. The van der Waals surface area contributed by atoms with Gasteiger partial charge in [0.05, 0.1) is 0 Å². The van der Waals surface area contributed by atoms with Gasteiger partial charge in [-0.1, -0.05) is 38.7 Å². The predicted octanol–water partition coefficient (Wildman–Crippen LogP) is 5.07. The number of nitrogens with zero attached hydrogens (tertiary/aromatic N) is 1. The van der Waals surface area contributed by atoms with Crippen molar-refractivity contribution in [3.05, 3.63) is 29.8 Å². The van der Waals surface area contributed by atoms with E-state index in [0.717, 1.165) is 5.92 Å². The SMILES string of the molecule is CCCCCC1CCC(c2ccc(F)nc2)CC1. The molecule has 1 aromatic rings. The van der Waals surface area contributed by atoms with Crippen molar-refractivity contribution in [2.24, 2.45) is 5.92 Å². The zero-order chi connectivity index (χ0) is 12.8. The Hall–Kier alpha value is -0.920. The number of halogens is 1. The first-order valence-electron chi connectivity index (χ1n) is 7.41. The Bertz CT molecular complexity index is 339. The van der Waals surface area contributed by atoms with Gasteiger partial charge in [-0.05, 0) is 49.1 Å². The summed E-state index contributed by atoms with van der Waals surface area (Å²) in [5.41, 5.74) is 1.23. The van der Waals surface area contributed by atoms with Gasteiger partial charge in [-0.25, -0.2) is 4.98 Å². The highest BCUT2D eigenvalue weighted by atomic mass is 19.1. The summed E-state index contributed by atoms with van der Waals surface area (Å²) in [4.78, 5) is 3.77. The van der Waals surface area contributed by atoms with E-state index in [4.69, 9.17) is 0 Å². The van der Waals surface area contributed by atoms with Crippen LogP contribution in [-0.4, -0.2) is 4.98 Å². The minimum absolute atomic E-state index is 0.369. The first-order chi connectivity index (χ1) is 8.79. The molecule has 0 radical (unpaired) electrons. The van der Waals surface area contributed by atoms with E-state index in [2.05, 4.69) is 11.9 Å². The van der Waals surface area contributed by atoms with Crippen LogP contribution in [0.25, 0.3) is 0 Å². The van der Waals surface area contributed by atoms with Crippen molar-refractivity contribution in [3.63, 3.8) is 0 Å². The van der Waals surface area contributed by atoms with Crippen LogP contribution in [0.5, 0.6) is 0 Å². The molecule has 0 spiro atoms. The van der Waals surface area contributed by atoms with Gasteiger partial charge in [0.1, 0.15) is 0 Å². The summed E-state index contributed by atoms with van der Waals surface area (Å²) < 4.78 is 12.8. The van der Waals surface area contributed by atoms with Crippen LogP contribution in [0.4, 0.5) is 4.39 Å². The van der Waals surface area contributed by atoms with Gasteiger partial charge in [0, 0.05) is 6.20 Å². The highest BCUT2D eigenvalue weighted by Crippen LogP contribution is 2.37. The molecule has 1 aliphatic carbocycles. The lowest BCUT2D eigenvalue weighted by Gasteiger charge is -2.28. The van der Waals surface area contributed by atoms with Crippen LogP contribution in [0.1, 0.15) is 69.8 Å². The predicted molar refractivity (Wildman–Crippen MR) is 73.0 cm³/mol. The van der Waals surface area contributed by atoms with Crippen molar-refractivity contribution < 1.29 is 4.39 Å². The van der Waals surface area contributed by atoms with Gasteiger partial charge >= 0.3 is 0 Å². The molecule has 18 heavy (non-hydrogen) atoms. The second-order valence-corrected chi connectivity index (χ2v) is 5.63. The fourth-order valence-corrected chi connectivity index (χ4v) is 3.10. The largest absolute Gasteiger partial charge is 0.228 e. The van der Waals surface area contributed by atoms with Gasteiger partial charge in [0.15, 0.2) is 0 Å². The third kappa shape index (κ3) is 3.79. The van der Waals surface area contributed by atoms with E-state index in [1.807, 2.05) is 6.07 Å². The van der Waals surface area contributed by atoms with Crippen LogP contribution in [0.3, 0.4) is 0 Å². The molecule has 1 aliphatic rings. The summed E-state index contributed by atoms with van der Waals surface area (Å²) in [6, 6.07) is 3.40. The third-order valence-corrected chi connectivity index (χ3v) is 4.28. The van der Waals surface area contributed by atoms with Gasteiger partial charge in [0.2, 0.25) is 5.95 Å². The summed E-state index contributed by atoms with van der Waals surface area (Å²) in [5, 5.41) is 0. The highest BCUT2D eigenvalue weighted by Gasteiger charge is 2.22. The second-order valence-electron chi connectivity index (χ2n) is 5.63. The average molecular weight is 249 g/mol. The maximum absolute atomic E-state index is 12.8. The van der Waals surface area contributed by atoms with Crippen LogP contribution in [0.2, 0.25) is 0 Å². The van der Waals surface area contributed by atoms with E-state index in [1.165, 1.54) is 63.0 Å². The van der Waals surface area contributed by atoms with Crippen LogP contribution in [0, 0.1) is 11.9 Å². The Kier molecular flexibility index (Phi) is 5.15. The summed E-state index contributed by atoms with van der Waals surface area (Å²) in [7, 11) is 0. The van der Waals surface area contributed by atoms with E-state index < -0.39 is 0 Å². The molecule has 2 heteroatoms. The van der Waals surface area contributed by atoms with E-state index in [0.29, 0.717) is 5.92 Å². The van der Waals surface area contributed by atoms with Crippen molar-refractivity contribution in [3.8, 4) is 0 Å². The lowest BCUT2D eigenvalue weighted by Crippen LogP contribution is -2.13. The number of hydrogen-bond donors (Lipinski definition) is 0. The molecule has 0 atom stereocenters.